The van der Waals surface area contributed by atoms with Crippen molar-refractivity contribution < 1.29 is 9.53 Å². The number of rotatable bonds is 5. The van der Waals surface area contributed by atoms with E-state index < -0.39 is 5.91 Å². The Morgan fingerprint density at radius 1 is 1.26 bits per heavy atom. The second kappa shape index (κ2) is 8.36. The van der Waals surface area contributed by atoms with E-state index in [9.17, 15) is 10.1 Å². The van der Waals surface area contributed by atoms with E-state index in [4.69, 9.17) is 16.2 Å². The van der Waals surface area contributed by atoms with Crippen molar-refractivity contribution in [1.82, 2.24) is 19.7 Å². The van der Waals surface area contributed by atoms with Gasteiger partial charge in [-0.05, 0) is 50.1 Å². The summed E-state index contributed by atoms with van der Waals surface area (Å²) >= 11 is 0. The van der Waals surface area contributed by atoms with E-state index in [1.54, 1.807) is 39.9 Å². The third-order valence-corrected chi connectivity index (χ3v) is 5.29. The molecular formula is C22H23N7O2. The summed E-state index contributed by atoms with van der Waals surface area (Å²) in [4.78, 5) is 18.2. The number of nitrogen functional groups attached to an aromatic ring is 1. The van der Waals surface area contributed by atoms with Crippen LogP contribution in [-0.4, -0.2) is 38.7 Å². The largest absolute Gasteiger partial charge is 0.439 e. The van der Waals surface area contributed by atoms with Gasteiger partial charge in [-0.15, -0.1) is 0 Å². The van der Waals surface area contributed by atoms with Gasteiger partial charge in [-0.2, -0.15) is 10.4 Å². The number of hydrogen-bond acceptors (Lipinski definition) is 7. The molecule has 3 aromatic rings. The van der Waals surface area contributed by atoms with Gasteiger partial charge in [-0.1, -0.05) is 6.07 Å². The van der Waals surface area contributed by atoms with Crippen molar-refractivity contribution in [2.45, 2.75) is 25.8 Å². The molecule has 1 amide bonds. The molecule has 1 saturated heterocycles. The first-order valence-corrected chi connectivity index (χ1v) is 10.0. The number of nitrogens with zero attached hydrogens (tertiary/aromatic N) is 5. The topological polar surface area (TPSA) is 136 Å². The fraction of sp³-hybridized carbons (Fsp3) is 0.273. The first-order valence-electron chi connectivity index (χ1n) is 10.0. The summed E-state index contributed by atoms with van der Waals surface area (Å²) in [6, 6.07) is 12.6. The van der Waals surface area contributed by atoms with E-state index in [1.165, 1.54) is 0 Å². The Balaban J connectivity index is 1.64. The third-order valence-electron chi connectivity index (χ3n) is 5.29. The summed E-state index contributed by atoms with van der Waals surface area (Å²) in [5, 5.41) is 13.8. The van der Waals surface area contributed by atoms with Gasteiger partial charge in [0.05, 0.1) is 12.6 Å². The Morgan fingerprint density at radius 3 is 2.71 bits per heavy atom. The van der Waals surface area contributed by atoms with E-state index in [-0.39, 0.29) is 17.4 Å². The summed E-state index contributed by atoms with van der Waals surface area (Å²) in [6.45, 7) is 3.10. The number of primary amides is 1. The SMILES string of the molecule is Cc1cccc(Oc2ccc(-c3nn([C@@H]4CCCN(C#N)C4)c(N)c3C(N)=O)cc2)n1. The minimum absolute atomic E-state index is 0.102. The van der Waals surface area contributed by atoms with Crippen LogP contribution < -0.4 is 16.2 Å². The van der Waals surface area contributed by atoms with Crippen molar-refractivity contribution in [2.24, 2.45) is 5.73 Å². The Kier molecular flexibility index (Phi) is 5.45. The number of carbonyl (C=O) groups is 1. The van der Waals surface area contributed by atoms with Crippen LogP contribution in [0.2, 0.25) is 0 Å². The van der Waals surface area contributed by atoms with Crippen LogP contribution in [-0.2, 0) is 0 Å². The number of pyridine rings is 1. The van der Waals surface area contributed by atoms with E-state index in [2.05, 4.69) is 16.3 Å². The molecule has 3 heterocycles. The summed E-state index contributed by atoms with van der Waals surface area (Å²) in [5.74, 6) is 0.679. The molecule has 0 bridgehead atoms. The molecule has 158 valence electrons. The molecule has 0 aliphatic carbocycles. The highest BCUT2D eigenvalue weighted by atomic mass is 16.5. The molecule has 4 N–H and O–H groups in total. The van der Waals surface area contributed by atoms with Gasteiger partial charge >= 0.3 is 0 Å². The minimum Gasteiger partial charge on any atom is -0.439 e. The second-order valence-electron chi connectivity index (χ2n) is 7.50. The molecule has 1 aliphatic rings. The highest BCUT2D eigenvalue weighted by Gasteiger charge is 2.28. The summed E-state index contributed by atoms with van der Waals surface area (Å²) in [5.41, 5.74) is 14.0. The number of nitriles is 1. The summed E-state index contributed by atoms with van der Waals surface area (Å²) < 4.78 is 7.41. The van der Waals surface area contributed by atoms with Crippen LogP contribution in [0.4, 0.5) is 5.82 Å². The number of likely N-dealkylation sites (tertiary alicyclic amines) is 1. The molecule has 0 spiro atoms. The fourth-order valence-electron chi connectivity index (χ4n) is 3.79. The number of nitrogens with two attached hydrogens (primary N) is 2. The first-order chi connectivity index (χ1) is 15.0. The summed E-state index contributed by atoms with van der Waals surface area (Å²) in [7, 11) is 0. The zero-order chi connectivity index (χ0) is 22.0. The number of anilines is 1. The second-order valence-corrected chi connectivity index (χ2v) is 7.50. The Labute approximate surface area is 179 Å². The number of hydrogen-bond donors (Lipinski definition) is 2. The fourth-order valence-corrected chi connectivity index (χ4v) is 3.79. The van der Waals surface area contributed by atoms with Crippen LogP contribution in [0.5, 0.6) is 11.6 Å². The number of benzene rings is 1. The normalized spacial score (nSPS) is 16.0. The van der Waals surface area contributed by atoms with Gasteiger partial charge in [0.2, 0.25) is 5.88 Å². The van der Waals surface area contributed by atoms with Crippen LogP contribution in [0.3, 0.4) is 0 Å². The molecule has 1 aliphatic heterocycles. The van der Waals surface area contributed by atoms with E-state index >= 15 is 0 Å². The highest BCUT2D eigenvalue weighted by Crippen LogP contribution is 2.33. The molecule has 0 unspecified atom stereocenters. The number of ether oxygens (including phenoxy) is 1. The third kappa shape index (κ3) is 4.14. The maximum absolute atomic E-state index is 12.2. The Hall–Kier alpha value is -4.06. The van der Waals surface area contributed by atoms with Crippen molar-refractivity contribution in [2.75, 3.05) is 18.8 Å². The van der Waals surface area contributed by atoms with Crippen LogP contribution in [0.1, 0.15) is 34.9 Å². The minimum atomic E-state index is -0.643. The van der Waals surface area contributed by atoms with Crippen molar-refractivity contribution in [1.29, 1.82) is 5.26 Å². The van der Waals surface area contributed by atoms with Gasteiger partial charge in [0.1, 0.15) is 22.8 Å². The van der Waals surface area contributed by atoms with Crippen molar-refractivity contribution >= 4 is 11.7 Å². The molecule has 1 aromatic carbocycles. The molecule has 31 heavy (non-hydrogen) atoms. The Morgan fingerprint density at radius 2 is 2.03 bits per heavy atom. The van der Waals surface area contributed by atoms with Crippen LogP contribution >= 0.6 is 0 Å². The molecule has 0 saturated carbocycles. The van der Waals surface area contributed by atoms with Crippen LogP contribution in [0, 0.1) is 18.4 Å². The average molecular weight is 417 g/mol. The van der Waals surface area contributed by atoms with Gasteiger partial charge < -0.3 is 21.1 Å². The maximum atomic E-state index is 12.2. The smallest absolute Gasteiger partial charge is 0.254 e. The van der Waals surface area contributed by atoms with Crippen LogP contribution in [0.15, 0.2) is 42.5 Å². The predicted octanol–water partition coefficient (Wildman–Crippen LogP) is 2.84. The number of amides is 1. The van der Waals surface area contributed by atoms with E-state index in [0.29, 0.717) is 36.0 Å². The molecule has 1 fully saturated rings. The molecule has 9 heteroatoms. The van der Waals surface area contributed by atoms with Gasteiger partial charge in [-0.25, -0.2) is 9.67 Å². The zero-order valence-electron chi connectivity index (χ0n) is 17.2. The lowest BCUT2D eigenvalue weighted by Gasteiger charge is -2.29. The monoisotopic (exact) mass is 417 g/mol. The van der Waals surface area contributed by atoms with Gasteiger partial charge in [0.25, 0.3) is 5.91 Å². The van der Waals surface area contributed by atoms with Gasteiger partial charge in [0.15, 0.2) is 6.19 Å². The first kappa shape index (κ1) is 20.2. The molecule has 9 nitrogen and oxygen atoms in total. The van der Waals surface area contributed by atoms with Crippen molar-refractivity contribution in [3.05, 3.63) is 53.7 Å². The van der Waals surface area contributed by atoms with Gasteiger partial charge in [0, 0.05) is 23.9 Å². The number of aromatic nitrogens is 3. The number of aryl methyl sites for hydroxylation is 1. The lowest BCUT2D eigenvalue weighted by atomic mass is 10.1. The maximum Gasteiger partial charge on any atom is 0.254 e. The summed E-state index contributed by atoms with van der Waals surface area (Å²) in [6.07, 6.45) is 3.83. The van der Waals surface area contributed by atoms with Crippen molar-refractivity contribution in [3.63, 3.8) is 0 Å². The molecule has 1 atom stereocenters. The molecular weight excluding hydrogens is 394 g/mol. The molecule has 2 aromatic heterocycles. The lowest BCUT2D eigenvalue weighted by Crippen LogP contribution is -2.34. The van der Waals surface area contributed by atoms with E-state index in [1.807, 2.05) is 19.1 Å². The Bertz CT molecular complexity index is 1150. The highest BCUT2D eigenvalue weighted by molar-refractivity contribution is 6.03. The predicted molar refractivity (Wildman–Crippen MR) is 115 cm³/mol. The van der Waals surface area contributed by atoms with Crippen molar-refractivity contribution in [3.8, 4) is 29.1 Å². The standard InChI is InChI=1S/C22H23N7O2/c1-14-4-2-6-18(26-14)31-17-9-7-15(8-10-17)20-19(22(25)30)21(24)29(27-20)16-5-3-11-28(12-16)13-23/h2,4,6-10,16H,3,5,11-12,24H2,1H3,(H2,25,30)/t16-/m1/s1. The van der Waals surface area contributed by atoms with E-state index in [0.717, 1.165) is 18.5 Å². The molecule has 4 rings (SSSR count). The quantitative estimate of drug-likeness (QED) is 0.609. The zero-order valence-corrected chi connectivity index (χ0v) is 17.2. The lowest BCUT2D eigenvalue weighted by molar-refractivity contribution is 0.100. The molecule has 0 radical (unpaired) electrons. The number of piperidine rings is 1. The average Bonchev–Trinajstić information content (AvgIpc) is 3.12. The van der Waals surface area contributed by atoms with Gasteiger partial charge in [-0.3, -0.25) is 4.79 Å². The van der Waals surface area contributed by atoms with Crippen LogP contribution in [0.25, 0.3) is 11.3 Å². The number of carbonyl (C=O) groups excluding carboxylic acids is 1.